The number of ether oxygens (including phenoxy) is 1. The lowest BCUT2D eigenvalue weighted by Gasteiger charge is -2.50. The van der Waals surface area contributed by atoms with Crippen molar-refractivity contribution in [2.24, 2.45) is 29.6 Å². The molecular formula is C26H48O. The van der Waals surface area contributed by atoms with E-state index in [1.807, 2.05) is 0 Å². The molecular weight excluding hydrogens is 328 g/mol. The van der Waals surface area contributed by atoms with E-state index < -0.39 is 0 Å². The maximum Gasteiger partial charge on any atom is 0.0578 e. The molecule has 0 amide bonds. The van der Waals surface area contributed by atoms with Crippen LogP contribution in [0.3, 0.4) is 0 Å². The summed E-state index contributed by atoms with van der Waals surface area (Å²) in [5.41, 5.74) is 0. The first-order chi connectivity index (χ1) is 13.3. The van der Waals surface area contributed by atoms with Gasteiger partial charge in [-0.2, -0.15) is 0 Å². The molecule has 0 aromatic heterocycles. The van der Waals surface area contributed by atoms with Crippen molar-refractivity contribution in [3.8, 4) is 0 Å². The van der Waals surface area contributed by atoms with Gasteiger partial charge in [-0.1, -0.05) is 71.6 Å². The van der Waals surface area contributed by atoms with Crippen molar-refractivity contribution in [2.45, 2.75) is 129 Å². The summed E-state index contributed by atoms with van der Waals surface area (Å²) in [4.78, 5) is 0. The summed E-state index contributed by atoms with van der Waals surface area (Å²) in [6, 6.07) is 0. The summed E-state index contributed by atoms with van der Waals surface area (Å²) < 4.78 is 6.26. The summed E-state index contributed by atoms with van der Waals surface area (Å²) in [6.45, 7) is 5.62. The first-order valence-corrected chi connectivity index (χ1v) is 12.9. The van der Waals surface area contributed by atoms with Crippen LogP contribution in [0.1, 0.15) is 123 Å². The molecule has 0 N–H and O–H groups in total. The lowest BCUT2D eigenvalue weighted by molar-refractivity contribution is -0.0539. The first-order valence-electron chi connectivity index (χ1n) is 12.9. The van der Waals surface area contributed by atoms with Gasteiger partial charge in [-0.25, -0.2) is 0 Å². The highest BCUT2D eigenvalue weighted by Crippen LogP contribution is 2.53. The molecule has 3 fully saturated rings. The highest BCUT2D eigenvalue weighted by Gasteiger charge is 2.44. The Kier molecular flexibility index (Phi) is 9.50. The fourth-order valence-corrected chi connectivity index (χ4v) is 6.90. The zero-order valence-electron chi connectivity index (χ0n) is 18.6. The monoisotopic (exact) mass is 376 g/mol. The average molecular weight is 377 g/mol. The highest BCUT2D eigenvalue weighted by molar-refractivity contribution is 4.94. The standard InChI is InChI=1S/C26H48O/c1-3-5-7-8-9-11-21-12-16-25-22(19-21)13-14-23-20-24(15-17-26(23)25)27-18-10-6-4-2/h21-26H,3-20H2,1-2H3. The van der Waals surface area contributed by atoms with Gasteiger partial charge >= 0.3 is 0 Å². The SMILES string of the molecule is CCCCCCCC1CCC2C(CCC3CC(OCCCCC)CCC32)C1. The lowest BCUT2D eigenvalue weighted by Crippen LogP contribution is -2.42. The third kappa shape index (κ3) is 6.48. The van der Waals surface area contributed by atoms with Gasteiger partial charge in [0.25, 0.3) is 0 Å². The van der Waals surface area contributed by atoms with E-state index in [2.05, 4.69) is 13.8 Å². The Morgan fingerprint density at radius 2 is 1.30 bits per heavy atom. The van der Waals surface area contributed by atoms with Crippen molar-refractivity contribution >= 4 is 0 Å². The van der Waals surface area contributed by atoms with E-state index in [-0.39, 0.29) is 0 Å². The van der Waals surface area contributed by atoms with Gasteiger partial charge in [0.15, 0.2) is 0 Å². The molecule has 0 heterocycles. The van der Waals surface area contributed by atoms with Crippen LogP contribution >= 0.6 is 0 Å². The predicted molar refractivity (Wildman–Crippen MR) is 117 cm³/mol. The van der Waals surface area contributed by atoms with Gasteiger partial charge in [0.05, 0.1) is 6.10 Å². The Balaban J connectivity index is 1.37. The molecule has 3 rings (SSSR count). The molecule has 0 aliphatic heterocycles. The maximum atomic E-state index is 6.26. The maximum absolute atomic E-state index is 6.26. The van der Waals surface area contributed by atoms with Crippen LogP contribution in [0.2, 0.25) is 0 Å². The molecule has 0 bridgehead atoms. The zero-order valence-corrected chi connectivity index (χ0v) is 18.6. The number of hydrogen-bond acceptors (Lipinski definition) is 1. The minimum Gasteiger partial charge on any atom is -0.378 e. The molecule has 6 atom stereocenters. The average Bonchev–Trinajstić information content (AvgIpc) is 2.70. The summed E-state index contributed by atoms with van der Waals surface area (Å²) >= 11 is 0. The molecule has 0 radical (unpaired) electrons. The summed E-state index contributed by atoms with van der Waals surface area (Å²) in [5, 5.41) is 0. The van der Waals surface area contributed by atoms with E-state index >= 15 is 0 Å². The number of rotatable bonds is 11. The van der Waals surface area contributed by atoms with Gasteiger partial charge in [-0.15, -0.1) is 0 Å². The van der Waals surface area contributed by atoms with Crippen LogP contribution in [0.5, 0.6) is 0 Å². The van der Waals surface area contributed by atoms with E-state index in [0.29, 0.717) is 6.10 Å². The van der Waals surface area contributed by atoms with Crippen molar-refractivity contribution in [1.82, 2.24) is 0 Å². The topological polar surface area (TPSA) is 9.23 Å². The quantitative estimate of drug-likeness (QED) is 0.330. The molecule has 0 aromatic carbocycles. The zero-order chi connectivity index (χ0) is 18.9. The van der Waals surface area contributed by atoms with E-state index in [1.165, 1.54) is 83.5 Å². The van der Waals surface area contributed by atoms with Crippen LogP contribution < -0.4 is 0 Å². The summed E-state index contributed by atoms with van der Waals surface area (Å²) in [5.74, 6) is 5.30. The van der Waals surface area contributed by atoms with Gasteiger partial charge in [-0.3, -0.25) is 0 Å². The smallest absolute Gasteiger partial charge is 0.0578 e. The molecule has 3 aliphatic carbocycles. The van der Waals surface area contributed by atoms with Gasteiger partial charge in [0, 0.05) is 6.61 Å². The van der Waals surface area contributed by atoms with Crippen LogP contribution in [-0.2, 0) is 4.74 Å². The fraction of sp³-hybridized carbons (Fsp3) is 1.00. The Labute approximate surface area is 170 Å². The van der Waals surface area contributed by atoms with Gasteiger partial charge in [0.2, 0.25) is 0 Å². The lowest BCUT2D eigenvalue weighted by atomic mass is 9.56. The number of unbranched alkanes of at least 4 members (excludes halogenated alkanes) is 6. The van der Waals surface area contributed by atoms with Gasteiger partial charge in [0.1, 0.15) is 0 Å². The van der Waals surface area contributed by atoms with Crippen LogP contribution in [0.25, 0.3) is 0 Å². The van der Waals surface area contributed by atoms with Crippen molar-refractivity contribution in [3.63, 3.8) is 0 Å². The van der Waals surface area contributed by atoms with E-state index in [9.17, 15) is 0 Å². The fourth-order valence-electron chi connectivity index (χ4n) is 6.90. The van der Waals surface area contributed by atoms with Crippen LogP contribution in [0.4, 0.5) is 0 Å². The van der Waals surface area contributed by atoms with Crippen molar-refractivity contribution in [1.29, 1.82) is 0 Å². The van der Waals surface area contributed by atoms with E-state index in [1.54, 1.807) is 25.7 Å². The second-order valence-electron chi connectivity index (χ2n) is 10.3. The third-order valence-electron chi connectivity index (χ3n) is 8.42. The van der Waals surface area contributed by atoms with Gasteiger partial charge < -0.3 is 4.74 Å². The van der Waals surface area contributed by atoms with Crippen molar-refractivity contribution < 1.29 is 4.74 Å². The van der Waals surface area contributed by atoms with Crippen molar-refractivity contribution in [3.05, 3.63) is 0 Å². The predicted octanol–water partition coefficient (Wildman–Crippen LogP) is 8.16. The van der Waals surface area contributed by atoms with E-state index in [4.69, 9.17) is 4.74 Å². The molecule has 6 unspecified atom stereocenters. The molecule has 0 aromatic rings. The normalized spacial score (nSPS) is 36.2. The Morgan fingerprint density at radius 3 is 2.07 bits per heavy atom. The van der Waals surface area contributed by atoms with Crippen LogP contribution in [-0.4, -0.2) is 12.7 Å². The van der Waals surface area contributed by atoms with Crippen LogP contribution in [0, 0.1) is 29.6 Å². The second kappa shape index (κ2) is 11.8. The highest BCUT2D eigenvalue weighted by atomic mass is 16.5. The van der Waals surface area contributed by atoms with E-state index in [0.717, 1.165) is 36.2 Å². The van der Waals surface area contributed by atoms with Crippen molar-refractivity contribution in [2.75, 3.05) is 6.61 Å². The number of hydrogen-bond donors (Lipinski definition) is 0. The molecule has 3 saturated carbocycles. The Morgan fingerprint density at radius 1 is 0.630 bits per heavy atom. The second-order valence-corrected chi connectivity index (χ2v) is 10.3. The molecule has 0 spiro atoms. The van der Waals surface area contributed by atoms with Gasteiger partial charge in [-0.05, 0) is 81.0 Å². The minimum atomic E-state index is 0.596. The largest absolute Gasteiger partial charge is 0.378 e. The molecule has 0 saturated heterocycles. The first kappa shape index (κ1) is 21.7. The summed E-state index contributed by atoms with van der Waals surface area (Å²) in [6.07, 6.45) is 25.3. The molecule has 1 nitrogen and oxygen atoms in total. The molecule has 1 heteroatoms. The molecule has 27 heavy (non-hydrogen) atoms. The Bertz CT molecular complexity index is 392. The molecule has 158 valence electrons. The number of fused-ring (bicyclic) bond motifs is 3. The molecule has 3 aliphatic rings. The van der Waals surface area contributed by atoms with Crippen LogP contribution in [0.15, 0.2) is 0 Å². The minimum absolute atomic E-state index is 0.596. The summed E-state index contributed by atoms with van der Waals surface area (Å²) in [7, 11) is 0. The Hall–Kier alpha value is -0.0400. The third-order valence-corrected chi connectivity index (χ3v) is 8.42.